The van der Waals surface area contributed by atoms with Gasteiger partial charge in [0, 0.05) is 27.8 Å². The maximum absolute atomic E-state index is 12.3. The molecule has 1 heterocycles. The van der Waals surface area contributed by atoms with Crippen molar-refractivity contribution in [3.05, 3.63) is 59.2 Å². The molecule has 0 aliphatic rings. The lowest BCUT2D eigenvalue weighted by Crippen LogP contribution is -2.14. The van der Waals surface area contributed by atoms with Gasteiger partial charge in [-0.25, -0.2) is 0 Å². The van der Waals surface area contributed by atoms with E-state index in [0.717, 1.165) is 27.9 Å². The van der Waals surface area contributed by atoms with Crippen LogP contribution in [0.1, 0.15) is 19.4 Å². The van der Waals surface area contributed by atoms with Crippen molar-refractivity contribution in [1.29, 1.82) is 0 Å². The Bertz CT molecular complexity index is 853. The third-order valence-corrected chi connectivity index (χ3v) is 3.83. The predicted molar refractivity (Wildman–Crippen MR) is 97.8 cm³/mol. The van der Waals surface area contributed by atoms with Crippen LogP contribution in [0.4, 0.5) is 5.69 Å². The molecule has 5 heteroatoms. The summed E-state index contributed by atoms with van der Waals surface area (Å²) in [6, 6.07) is 13.0. The second kappa shape index (κ2) is 6.97. The molecule has 4 nitrogen and oxygen atoms in total. The predicted octanol–water partition coefficient (Wildman–Crippen LogP) is 4.79. The van der Waals surface area contributed by atoms with Crippen molar-refractivity contribution in [2.45, 2.75) is 26.4 Å². The van der Waals surface area contributed by atoms with Gasteiger partial charge in [0.1, 0.15) is 5.75 Å². The Morgan fingerprint density at radius 1 is 1.21 bits per heavy atom. The van der Waals surface area contributed by atoms with Crippen LogP contribution in [-0.2, 0) is 11.2 Å². The molecule has 0 aliphatic carbocycles. The van der Waals surface area contributed by atoms with Gasteiger partial charge >= 0.3 is 0 Å². The Kier molecular flexibility index (Phi) is 4.76. The van der Waals surface area contributed by atoms with Crippen LogP contribution in [0.5, 0.6) is 5.75 Å². The van der Waals surface area contributed by atoms with E-state index in [2.05, 4.69) is 10.3 Å². The zero-order chi connectivity index (χ0) is 17.1. The second-order valence-corrected chi connectivity index (χ2v) is 6.36. The van der Waals surface area contributed by atoms with Crippen molar-refractivity contribution in [2.24, 2.45) is 0 Å². The van der Waals surface area contributed by atoms with Crippen molar-refractivity contribution < 1.29 is 9.53 Å². The Balaban J connectivity index is 1.67. The Hall–Kier alpha value is -2.46. The van der Waals surface area contributed by atoms with Crippen molar-refractivity contribution in [3.8, 4) is 5.75 Å². The molecule has 3 aromatic rings. The number of H-pyrrole nitrogens is 1. The largest absolute Gasteiger partial charge is 0.491 e. The molecule has 0 aliphatic heterocycles. The molecular weight excluding hydrogens is 324 g/mol. The van der Waals surface area contributed by atoms with Gasteiger partial charge in [0.2, 0.25) is 5.91 Å². The zero-order valence-corrected chi connectivity index (χ0v) is 14.4. The van der Waals surface area contributed by atoms with Gasteiger partial charge in [-0.1, -0.05) is 11.6 Å². The first-order valence-corrected chi connectivity index (χ1v) is 8.21. The van der Waals surface area contributed by atoms with Crippen LogP contribution < -0.4 is 10.1 Å². The van der Waals surface area contributed by atoms with Gasteiger partial charge in [0.05, 0.1) is 12.5 Å². The van der Waals surface area contributed by atoms with Crippen LogP contribution >= 0.6 is 11.6 Å². The van der Waals surface area contributed by atoms with E-state index in [1.165, 1.54) is 0 Å². The number of fused-ring (bicyclic) bond motifs is 1. The second-order valence-electron chi connectivity index (χ2n) is 5.92. The first kappa shape index (κ1) is 16.4. The third kappa shape index (κ3) is 3.89. The lowest BCUT2D eigenvalue weighted by molar-refractivity contribution is -0.115. The monoisotopic (exact) mass is 342 g/mol. The molecule has 0 spiro atoms. The highest BCUT2D eigenvalue weighted by molar-refractivity contribution is 6.31. The van der Waals surface area contributed by atoms with E-state index in [4.69, 9.17) is 16.3 Å². The van der Waals surface area contributed by atoms with Gasteiger partial charge in [0.15, 0.2) is 0 Å². The van der Waals surface area contributed by atoms with E-state index >= 15 is 0 Å². The fraction of sp³-hybridized carbons (Fsp3) is 0.211. The van der Waals surface area contributed by atoms with E-state index in [9.17, 15) is 4.79 Å². The van der Waals surface area contributed by atoms with Gasteiger partial charge in [0.25, 0.3) is 0 Å². The highest BCUT2D eigenvalue weighted by atomic mass is 35.5. The number of halogens is 1. The van der Waals surface area contributed by atoms with Crippen LogP contribution in [0.3, 0.4) is 0 Å². The molecule has 0 radical (unpaired) electrons. The van der Waals surface area contributed by atoms with Crippen LogP contribution in [-0.4, -0.2) is 17.0 Å². The van der Waals surface area contributed by atoms with Crippen LogP contribution in [0.2, 0.25) is 5.02 Å². The minimum Gasteiger partial charge on any atom is -0.491 e. The molecule has 0 unspecified atom stereocenters. The summed E-state index contributed by atoms with van der Waals surface area (Å²) in [5, 5.41) is 4.53. The minimum absolute atomic E-state index is 0.0756. The van der Waals surface area contributed by atoms with E-state index < -0.39 is 0 Å². The number of anilines is 1. The number of aromatic amines is 1. The number of aromatic nitrogens is 1. The summed E-state index contributed by atoms with van der Waals surface area (Å²) in [5.74, 6) is 0.711. The average Bonchev–Trinajstić information content (AvgIpc) is 2.91. The van der Waals surface area contributed by atoms with E-state index in [0.29, 0.717) is 5.02 Å². The van der Waals surface area contributed by atoms with Gasteiger partial charge < -0.3 is 15.0 Å². The smallest absolute Gasteiger partial charge is 0.228 e. The summed E-state index contributed by atoms with van der Waals surface area (Å²) >= 11 is 6.04. The molecule has 0 bridgehead atoms. The lowest BCUT2D eigenvalue weighted by atomic mass is 10.1. The Morgan fingerprint density at radius 2 is 1.96 bits per heavy atom. The fourth-order valence-corrected chi connectivity index (χ4v) is 2.74. The van der Waals surface area contributed by atoms with Gasteiger partial charge in [-0.15, -0.1) is 0 Å². The number of amides is 1. The Labute approximate surface area is 145 Å². The maximum Gasteiger partial charge on any atom is 0.228 e. The molecule has 2 N–H and O–H groups in total. The number of carbonyl (C=O) groups excluding carboxylic acids is 1. The van der Waals surface area contributed by atoms with Gasteiger partial charge in [-0.05, 0) is 61.9 Å². The topological polar surface area (TPSA) is 54.1 Å². The maximum atomic E-state index is 12.3. The number of benzene rings is 2. The summed E-state index contributed by atoms with van der Waals surface area (Å²) in [5.41, 5.74) is 2.64. The van der Waals surface area contributed by atoms with E-state index in [1.807, 2.05) is 62.5 Å². The quantitative estimate of drug-likeness (QED) is 0.700. The SMILES string of the molecule is CC(C)Oc1ccc(NC(=O)Cc2c[nH]c3ccc(Cl)cc23)cc1. The zero-order valence-electron chi connectivity index (χ0n) is 13.6. The van der Waals surface area contributed by atoms with Gasteiger partial charge in [-0.2, -0.15) is 0 Å². The normalized spacial score (nSPS) is 11.0. The number of hydrogen-bond acceptors (Lipinski definition) is 2. The molecule has 0 saturated heterocycles. The summed E-state index contributed by atoms with van der Waals surface area (Å²) in [7, 11) is 0. The molecule has 0 saturated carbocycles. The van der Waals surface area contributed by atoms with Crippen molar-refractivity contribution in [2.75, 3.05) is 5.32 Å². The van der Waals surface area contributed by atoms with Crippen molar-refractivity contribution in [1.82, 2.24) is 4.98 Å². The van der Waals surface area contributed by atoms with Crippen LogP contribution in [0, 0.1) is 0 Å². The number of ether oxygens (including phenoxy) is 1. The molecule has 2 aromatic carbocycles. The van der Waals surface area contributed by atoms with Gasteiger partial charge in [-0.3, -0.25) is 4.79 Å². The third-order valence-electron chi connectivity index (χ3n) is 3.59. The van der Waals surface area contributed by atoms with E-state index in [1.54, 1.807) is 0 Å². The molecule has 1 aromatic heterocycles. The lowest BCUT2D eigenvalue weighted by Gasteiger charge is -2.10. The van der Waals surface area contributed by atoms with Crippen LogP contribution in [0.15, 0.2) is 48.7 Å². The fourth-order valence-electron chi connectivity index (χ4n) is 2.56. The number of carbonyl (C=O) groups is 1. The summed E-state index contributed by atoms with van der Waals surface area (Å²) in [4.78, 5) is 15.4. The summed E-state index contributed by atoms with van der Waals surface area (Å²) in [6.45, 7) is 3.95. The first-order valence-electron chi connectivity index (χ1n) is 7.83. The highest BCUT2D eigenvalue weighted by Gasteiger charge is 2.10. The summed E-state index contributed by atoms with van der Waals surface area (Å²) in [6.07, 6.45) is 2.25. The minimum atomic E-state index is -0.0756. The molecule has 124 valence electrons. The van der Waals surface area contributed by atoms with Crippen molar-refractivity contribution >= 4 is 34.1 Å². The molecule has 3 rings (SSSR count). The summed E-state index contributed by atoms with van der Waals surface area (Å²) < 4.78 is 5.59. The Morgan fingerprint density at radius 3 is 2.67 bits per heavy atom. The highest BCUT2D eigenvalue weighted by Crippen LogP contribution is 2.23. The van der Waals surface area contributed by atoms with Crippen LogP contribution in [0.25, 0.3) is 10.9 Å². The molecule has 0 atom stereocenters. The standard InChI is InChI=1S/C19H19ClN2O2/c1-12(2)24-16-6-4-15(5-7-16)22-19(23)9-13-11-21-18-8-3-14(20)10-17(13)18/h3-8,10-12,21H,9H2,1-2H3,(H,22,23). The van der Waals surface area contributed by atoms with E-state index in [-0.39, 0.29) is 18.4 Å². The average molecular weight is 343 g/mol. The molecule has 1 amide bonds. The molecule has 0 fully saturated rings. The number of nitrogens with one attached hydrogen (secondary N) is 2. The first-order chi connectivity index (χ1) is 11.5. The van der Waals surface area contributed by atoms with Crippen molar-refractivity contribution in [3.63, 3.8) is 0 Å². The molecule has 24 heavy (non-hydrogen) atoms. The molecular formula is C19H19ClN2O2. The number of rotatable bonds is 5. The number of hydrogen-bond donors (Lipinski definition) is 2.